The molecule has 1 heterocycles. The van der Waals surface area contributed by atoms with E-state index in [1.165, 1.54) is 6.92 Å². The zero-order valence-corrected chi connectivity index (χ0v) is 17.5. The lowest BCUT2D eigenvalue weighted by atomic mass is 10.0. The van der Waals surface area contributed by atoms with Crippen LogP contribution in [0, 0.1) is 0 Å². The predicted molar refractivity (Wildman–Crippen MR) is 114 cm³/mol. The highest BCUT2D eigenvalue weighted by atomic mass is 16.5. The largest absolute Gasteiger partial charge is 0.491 e. The molecule has 7 nitrogen and oxygen atoms in total. The molecular weight excluding hydrogens is 398 g/mol. The van der Waals surface area contributed by atoms with Crippen molar-refractivity contribution in [3.8, 4) is 5.75 Å². The van der Waals surface area contributed by atoms with Crippen LogP contribution in [0.5, 0.6) is 5.75 Å². The zero-order chi connectivity index (χ0) is 22.1. The monoisotopic (exact) mass is 425 g/mol. The maximum Gasteiger partial charge on any atom is 0.338 e. The first-order valence-electron chi connectivity index (χ1n) is 10.4. The number of esters is 1. The molecule has 31 heavy (non-hydrogen) atoms. The van der Waals surface area contributed by atoms with Crippen LogP contribution in [0.3, 0.4) is 0 Å². The fraction of sp³-hybridized carbons (Fsp3) is 0.375. The molecule has 0 radical (unpaired) electrons. The van der Waals surface area contributed by atoms with Gasteiger partial charge in [-0.15, -0.1) is 0 Å². The van der Waals surface area contributed by atoms with Gasteiger partial charge in [-0.05, 0) is 56.0 Å². The normalized spacial score (nSPS) is 16.4. The molecule has 0 aliphatic carbocycles. The number of rotatable bonds is 10. The van der Waals surface area contributed by atoms with Crippen LogP contribution in [0.1, 0.15) is 35.7 Å². The highest BCUT2D eigenvalue weighted by Crippen LogP contribution is 2.17. The van der Waals surface area contributed by atoms with Gasteiger partial charge in [0.1, 0.15) is 12.4 Å². The van der Waals surface area contributed by atoms with Gasteiger partial charge in [-0.3, -0.25) is 9.59 Å². The first kappa shape index (κ1) is 22.5. The van der Waals surface area contributed by atoms with Gasteiger partial charge in [0, 0.05) is 6.61 Å². The van der Waals surface area contributed by atoms with Crippen molar-refractivity contribution >= 4 is 17.7 Å². The number of carbonyl (C=O) groups excluding carboxylic acids is 3. The van der Waals surface area contributed by atoms with Crippen molar-refractivity contribution in [3.63, 3.8) is 0 Å². The van der Waals surface area contributed by atoms with Crippen LogP contribution in [-0.4, -0.2) is 49.6 Å². The SMILES string of the molecule is CC(=O)[C@H](Cc1ccccc1)NC(=O)COC(=O)c1ccc(OC[C@@H]2CCCO2)cc1. The third-order valence-electron chi connectivity index (χ3n) is 4.99. The van der Waals surface area contributed by atoms with E-state index in [4.69, 9.17) is 14.2 Å². The van der Waals surface area contributed by atoms with E-state index in [1.807, 2.05) is 30.3 Å². The molecule has 7 heteroatoms. The smallest absolute Gasteiger partial charge is 0.338 e. The lowest BCUT2D eigenvalue weighted by Gasteiger charge is -2.16. The fourth-order valence-electron chi connectivity index (χ4n) is 3.25. The topological polar surface area (TPSA) is 90.9 Å². The molecule has 164 valence electrons. The molecule has 0 bridgehead atoms. The number of amides is 1. The summed E-state index contributed by atoms with van der Waals surface area (Å²) in [4.78, 5) is 36.3. The van der Waals surface area contributed by atoms with E-state index < -0.39 is 24.5 Å². The van der Waals surface area contributed by atoms with Crippen molar-refractivity contribution in [1.29, 1.82) is 0 Å². The predicted octanol–water partition coefficient (Wildman–Crippen LogP) is 2.72. The molecule has 1 N–H and O–H groups in total. The Labute approximate surface area is 181 Å². The summed E-state index contributed by atoms with van der Waals surface area (Å²) in [7, 11) is 0. The summed E-state index contributed by atoms with van der Waals surface area (Å²) in [6, 6.07) is 15.2. The number of carbonyl (C=O) groups is 3. The lowest BCUT2D eigenvalue weighted by Crippen LogP contribution is -2.43. The van der Waals surface area contributed by atoms with E-state index in [0.29, 0.717) is 24.3 Å². The molecule has 1 aliphatic heterocycles. The standard InChI is InChI=1S/C24H27NO6/c1-17(26)22(14-18-6-3-2-4-7-18)25-23(27)16-31-24(28)19-9-11-20(12-10-19)30-15-21-8-5-13-29-21/h2-4,6-7,9-12,21-22H,5,8,13-16H2,1H3,(H,25,27)/t21-,22-/m0/s1. The van der Waals surface area contributed by atoms with Crippen molar-refractivity contribution in [2.75, 3.05) is 19.8 Å². The molecule has 0 spiro atoms. The number of hydrogen-bond donors (Lipinski definition) is 1. The van der Waals surface area contributed by atoms with E-state index >= 15 is 0 Å². The summed E-state index contributed by atoms with van der Waals surface area (Å²) in [5, 5.41) is 2.63. The fourth-order valence-corrected chi connectivity index (χ4v) is 3.25. The van der Waals surface area contributed by atoms with E-state index in [-0.39, 0.29) is 11.9 Å². The van der Waals surface area contributed by atoms with Gasteiger partial charge in [0.05, 0.1) is 17.7 Å². The van der Waals surface area contributed by atoms with Gasteiger partial charge in [0.2, 0.25) is 0 Å². The number of ether oxygens (including phenoxy) is 3. The van der Waals surface area contributed by atoms with Gasteiger partial charge < -0.3 is 19.5 Å². The van der Waals surface area contributed by atoms with E-state index in [9.17, 15) is 14.4 Å². The van der Waals surface area contributed by atoms with Crippen LogP contribution >= 0.6 is 0 Å². The molecule has 1 saturated heterocycles. The van der Waals surface area contributed by atoms with Gasteiger partial charge in [-0.1, -0.05) is 30.3 Å². The number of nitrogens with one attached hydrogen (secondary N) is 1. The Kier molecular flexibility index (Phi) is 8.18. The highest BCUT2D eigenvalue weighted by Gasteiger charge is 2.19. The highest BCUT2D eigenvalue weighted by molar-refractivity contribution is 5.92. The quantitative estimate of drug-likeness (QED) is 0.589. The summed E-state index contributed by atoms with van der Waals surface area (Å²) in [5.41, 5.74) is 1.24. The van der Waals surface area contributed by atoms with Crippen molar-refractivity contribution in [3.05, 3.63) is 65.7 Å². The second-order valence-corrected chi connectivity index (χ2v) is 7.47. The first-order valence-corrected chi connectivity index (χ1v) is 10.4. The zero-order valence-electron chi connectivity index (χ0n) is 17.5. The average Bonchev–Trinajstić information content (AvgIpc) is 3.30. The number of Topliss-reactive ketones (excluding diaryl/α,β-unsaturated/α-hetero) is 1. The van der Waals surface area contributed by atoms with Crippen LogP contribution in [0.25, 0.3) is 0 Å². The summed E-state index contributed by atoms with van der Waals surface area (Å²) < 4.78 is 16.3. The Morgan fingerprint density at radius 1 is 1.10 bits per heavy atom. The molecule has 0 aromatic heterocycles. The van der Waals surface area contributed by atoms with E-state index in [1.54, 1.807) is 24.3 Å². The molecule has 0 saturated carbocycles. The Morgan fingerprint density at radius 2 is 1.84 bits per heavy atom. The van der Waals surface area contributed by atoms with Crippen LogP contribution in [0.2, 0.25) is 0 Å². The van der Waals surface area contributed by atoms with Gasteiger partial charge in [-0.25, -0.2) is 4.79 Å². The molecule has 2 aromatic rings. The third kappa shape index (κ3) is 7.22. The van der Waals surface area contributed by atoms with Crippen LogP contribution in [-0.2, 0) is 25.5 Å². The molecule has 1 fully saturated rings. The Hall–Kier alpha value is -3.19. The average molecular weight is 425 g/mol. The molecule has 3 rings (SSSR count). The minimum Gasteiger partial charge on any atom is -0.491 e. The van der Waals surface area contributed by atoms with Gasteiger partial charge in [0.25, 0.3) is 5.91 Å². The molecule has 2 atom stereocenters. The minimum atomic E-state index is -0.672. The van der Waals surface area contributed by atoms with Crippen molar-refractivity contribution < 1.29 is 28.6 Å². The summed E-state index contributed by atoms with van der Waals surface area (Å²) >= 11 is 0. The van der Waals surface area contributed by atoms with Crippen LogP contribution in [0.15, 0.2) is 54.6 Å². The van der Waals surface area contributed by atoms with Crippen LogP contribution in [0.4, 0.5) is 0 Å². The van der Waals surface area contributed by atoms with Gasteiger partial charge in [-0.2, -0.15) is 0 Å². The first-order chi connectivity index (χ1) is 15.0. The van der Waals surface area contributed by atoms with Crippen LogP contribution < -0.4 is 10.1 Å². The Balaban J connectivity index is 1.44. The maximum atomic E-state index is 12.2. The Morgan fingerprint density at radius 3 is 2.48 bits per heavy atom. The molecule has 0 unspecified atom stereocenters. The molecule has 2 aromatic carbocycles. The lowest BCUT2D eigenvalue weighted by molar-refractivity contribution is -0.128. The number of ketones is 1. The Bertz CT molecular complexity index is 875. The second kappa shape index (κ2) is 11.3. The second-order valence-electron chi connectivity index (χ2n) is 7.47. The van der Waals surface area contributed by atoms with Gasteiger partial charge >= 0.3 is 5.97 Å². The number of hydrogen-bond acceptors (Lipinski definition) is 6. The van der Waals surface area contributed by atoms with E-state index in [0.717, 1.165) is 25.0 Å². The van der Waals surface area contributed by atoms with Crippen molar-refractivity contribution in [1.82, 2.24) is 5.32 Å². The summed E-state index contributed by atoms with van der Waals surface area (Å²) in [6.07, 6.45) is 2.53. The van der Waals surface area contributed by atoms with Crippen molar-refractivity contribution in [2.45, 2.75) is 38.3 Å². The van der Waals surface area contributed by atoms with E-state index in [2.05, 4.69) is 5.32 Å². The summed E-state index contributed by atoms with van der Waals surface area (Å²) in [5.74, 6) is -0.679. The van der Waals surface area contributed by atoms with Gasteiger partial charge in [0.15, 0.2) is 12.4 Å². The molecule has 1 amide bonds. The summed E-state index contributed by atoms with van der Waals surface area (Å²) in [6.45, 7) is 2.20. The third-order valence-corrected chi connectivity index (χ3v) is 4.99. The maximum absolute atomic E-state index is 12.2. The van der Waals surface area contributed by atoms with Crippen molar-refractivity contribution in [2.24, 2.45) is 0 Å². The minimum absolute atomic E-state index is 0.115. The molecular formula is C24H27NO6. The number of benzene rings is 2. The molecule has 1 aliphatic rings.